The fraction of sp³-hybridized carbons (Fsp3) is 0. The van der Waals surface area contributed by atoms with E-state index >= 15 is 0 Å². The number of hydrogen-bond acceptors (Lipinski definition) is 3. The van der Waals surface area contributed by atoms with Crippen LogP contribution >= 0.6 is 11.3 Å². The minimum absolute atomic E-state index is 0.907. The van der Waals surface area contributed by atoms with Gasteiger partial charge in [0.05, 0.1) is 0 Å². The third kappa shape index (κ3) is 6.06. The first kappa shape index (κ1) is 33.2. The second-order valence-electron chi connectivity index (χ2n) is 14.5. The van der Waals surface area contributed by atoms with Gasteiger partial charge in [-0.15, -0.1) is 11.3 Å². The van der Waals surface area contributed by atoms with Crippen LogP contribution in [0.3, 0.4) is 0 Å². The molecule has 57 heavy (non-hydrogen) atoms. The van der Waals surface area contributed by atoms with Gasteiger partial charge >= 0.3 is 0 Å². The highest BCUT2D eigenvalue weighted by Crippen LogP contribution is 2.41. The molecule has 9 aromatic carbocycles. The van der Waals surface area contributed by atoms with Crippen LogP contribution in [0.1, 0.15) is 0 Å². The summed E-state index contributed by atoms with van der Waals surface area (Å²) in [5, 5.41) is 4.89. The first-order valence-corrected chi connectivity index (χ1v) is 20.1. The van der Waals surface area contributed by atoms with Crippen molar-refractivity contribution in [3.8, 4) is 44.5 Å². The number of hydrogen-bond donors (Lipinski definition) is 0. The van der Waals surface area contributed by atoms with Crippen molar-refractivity contribution in [1.82, 2.24) is 0 Å². The maximum Gasteiger partial charge on any atom is 0.135 e. The SMILES string of the molecule is c1ccc(-c2ccc(-c3ccc(N(c4ccc(-c5ccc6oc7ccccc7c6c5)cc4)c4cccc(-c5ccc6sc7ccccc7c6c5)c4)cc3)cc2)cc1. The Morgan fingerprint density at radius 3 is 1.49 bits per heavy atom. The van der Waals surface area contributed by atoms with E-state index in [0.717, 1.165) is 50.1 Å². The minimum atomic E-state index is 0.907. The van der Waals surface area contributed by atoms with Crippen LogP contribution in [0.4, 0.5) is 17.1 Å². The van der Waals surface area contributed by atoms with E-state index in [-0.39, 0.29) is 0 Å². The van der Waals surface area contributed by atoms with Gasteiger partial charge in [0.2, 0.25) is 0 Å². The zero-order chi connectivity index (χ0) is 37.7. The standard InChI is InChI=1S/C54H35NOS/c1-2-9-36(10-3-1)37-17-19-38(20-18-37)39-21-27-44(28-22-39)55(45-29-23-40(24-30-45)42-25-31-52-49(34-42)47-13-4-6-15-51(47)56-52)46-12-8-11-41(33-46)43-26-32-54-50(35-43)48-14-5-7-16-53(48)57-54/h1-35H. The van der Waals surface area contributed by atoms with Crippen molar-refractivity contribution < 1.29 is 4.42 Å². The predicted octanol–water partition coefficient (Wildman–Crippen LogP) is 16.1. The first-order chi connectivity index (χ1) is 28.2. The van der Waals surface area contributed by atoms with Crippen molar-refractivity contribution in [3.63, 3.8) is 0 Å². The van der Waals surface area contributed by atoms with E-state index in [0.29, 0.717) is 0 Å². The summed E-state index contributed by atoms with van der Waals surface area (Å²) in [4.78, 5) is 2.36. The van der Waals surface area contributed by atoms with Gasteiger partial charge in [-0.05, 0) is 117 Å². The zero-order valence-corrected chi connectivity index (χ0v) is 31.8. The number of benzene rings is 9. The van der Waals surface area contributed by atoms with Crippen molar-refractivity contribution >= 4 is 70.5 Å². The zero-order valence-electron chi connectivity index (χ0n) is 31.0. The van der Waals surface area contributed by atoms with Crippen LogP contribution in [-0.2, 0) is 0 Å². The Morgan fingerprint density at radius 1 is 0.281 bits per heavy atom. The molecule has 2 heterocycles. The fourth-order valence-corrected chi connectivity index (χ4v) is 9.26. The molecule has 0 aliphatic rings. The van der Waals surface area contributed by atoms with E-state index < -0.39 is 0 Å². The Labute approximate surface area is 335 Å². The van der Waals surface area contributed by atoms with Crippen LogP contribution in [0.25, 0.3) is 86.6 Å². The van der Waals surface area contributed by atoms with E-state index in [1.807, 2.05) is 23.5 Å². The summed E-state index contributed by atoms with van der Waals surface area (Å²) in [5.74, 6) is 0. The van der Waals surface area contributed by atoms with Gasteiger partial charge in [-0.2, -0.15) is 0 Å². The van der Waals surface area contributed by atoms with Crippen molar-refractivity contribution in [3.05, 3.63) is 212 Å². The molecule has 0 N–H and O–H groups in total. The van der Waals surface area contributed by atoms with Gasteiger partial charge in [0, 0.05) is 48.0 Å². The molecule has 2 aromatic heterocycles. The Bertz CT molecular complexity index is 3210. The summed E-state index contributed by atoms with van der Waals surface area (Å²) >= 11 is 1.85. The number of nitrogens with zero attached hydrogens (tertiary/aromatic N) is 1. The molecule has 268 valence electrons. The first-order valence-electron chi connectivity index (χ1n) is 19.3. The largest absolute Gasteiger partial charge is 0.456 e. The molecule has 0 saturated carbocycles. The molecule has 0 aliphatic heterocycles. The lowest BCUT2D eigenvalue weighted by Gasteiger charge is -2.26. The highest BCUT2D eigenvalue weighted by molar-refractivity contribution is 7.25. The van der Waals surface area contributed by atoms with Crippen LogP contribution in [-0.4, -0.2) is 0 Å². The maximum absolute atomic E-state index is 6.12. The minimum Gasteiger partial charge on any atom is -0.456 e. The Balaban J connectivity index is 0.976. The number of furan rings is 1. The predicted molar refractivity (Wildman–Crippen MR) is 243 cm³/mol. The Hall–Kier alpha value is -7.20. The van der Waals surface area contributed by atoms with Gasteiger partial charge in [-0.25, -0.2) is 0 Å². The van der Waals surface area contributed by atoms with Gasteiger partial charge in [0.15, 0.2) is 0 Å². The van der Waals surface area contributed by atoms with Crippen LogP contribution in [0.2, 0.25) is 0 Å². The molecule has 0 unspecified atom stereocenters. The van der Waals surface area contributed by atoms with Gasteiger partial charge in [0.25, 0.3) is 0 Å². The van der Waals surface area contributed by atoms with Crippen molar-refractivity contribution in [2.45, 2.75) is 0 Å². The summed E-state index contributed by atoms with van der Waals surface area (Å²) in [5.41, 5.74) is 14.6. The van der Waals surface area contributed by atoms with Crippen molar-refractivity contribution in [2.24, 2.45) is 0 Å². The Kier molecular flexibility index (Phi) is 8.04. The molecule has 0 bridgehead atoms. The quantitative estimate of drug-likeness (QED) is 0.162. The van der Waals surface area contributed by atoms with E-state index in [9.17, 15) is 0 Å². The van der Waals surface area contributed by atoms with Crippen molar-refractivity contribution in [1.29, 1.82) is 0 Å². The lowest BCUT2D eigenvalue weighted by atomic mass is 9.99. The highest BCUT2D eigenvalue weighted by Gasteiger charge is 2.16. The normalized spacial score (nSPS) is 11.5. The van der Waals surface area contributed by atoms with Gasteiger partial charge in [0.1, 0.15) is 11.2 Å². The third-order valence-electron chi connectivity index (χ3n) is 11.1. The number of rotatable bonds is 7. The molecule has 0 atom stereocenters. The van der Waals surface area contributed by atoms with Crippen LogP contribution < -0.4 is 4.90 Å². The molecular formula is C54H35NOS. The lowest BCUT2D eigenvalue weighted by Crippen LogP contribution is -2.10. The fourth-order valence-electron chi connectivity index (χ4n) is 8.17. The average Bonchev–Trinajstić information content (AvgIpc) is 3.85. The molecule has 3 heteroatoms. The van der Waals surface area contributed by atoms with E-state index in [1.165, 1.54) is 53.6 Å². The van der Waals surface area contributed by atoms with E-state index in [2.05, 4.69) is 205 Å². The van der Waals surface area contributed by atoms with Gasteiger partial charge in [-0.3, -0.25) is 0 Å². The molecule has 11 rings (SSSR count). The molecule has 0 aliphatic carbocycles. The number of thiophene rings is 1. The Morgan fingerprint density at radius 2 is 0.754 bits per heavy atom. The number of fused-ring (bicyclic) bond motifs is 6. The molecule has 0 fully saturated rings. The number of anilines is 3. The molecular weight excluding hydrogens is 711 g/mol. The van der Waals surface area contributed by atoms with E-state index in [4.69, 9.17) is 4.42 Å². The summed E-state index contributed by atoms with van der Waals surface area (Å²) in [6, 6.07) is 76.5. The molecule has 11 aromatic rings. The average molecular weight is 746 g/mol. The van der Waals surface area contributed by atoms with Gasteiger partial charge in [-0.1, -0.05) is 140 Å². The van der Waals surface area contributed by atoms with Gasteiger partial charge < -0.3 is 9.32 Å². The second kappa shape index (κ2) is 13.8. The topological polar surface area (TPSA) is 16.4 Å². The maximum atomic E-state index is 6.12. The summed E-state index contributed by atoms with van der Waals surface area (Å²) in [6.45, 7) is 0. The molecule has 2 nitrogen and oxygen atoms in total. The molecule has 0 spiro atoms. The molecule has 0 radical (unpaired) electrons. The van der Waals surface area contributed by atoms with Crippen LogP contribution in [0.15, 0.2) is 217 Å². The van der Waals surface area contributed by atoms with Crippen LogP contribution in [0, 0.1) is 0 Å². The van der Waals surface area contributed by atoms with E-state index in [1.54, 1.807) is 0 Å². The molecule has 0 saturated heterocycles. The summed E-state index contributed by atoms with van der Waals surface area (Å²) in [7, 11) is 0. The summed E-state index contributed by atoms with van der Waals surface area (Å²) in [6.07, 6.45) is 0. The smallest absolute Gasteiger partial charge is 0.135 e. The van der Waals surface area contributed by atoms with Crippen LogP contribution in [0.5, 0.6) is 0 Å². The molecule has 0 amide bonds. The van der Waals surface area contributed by atoms with Crippen molar-refractivity contribution in [2.75, 3.05) is 4.90 Å². The lowest BCUT2D eigenvalue weighted by molar-refractivity contribution is 0.669. The monoisotopic (exact) mass is 745 g/mol. The summed E-state index contributed by atoms with van der Waals surface area (Å²) < 4.78 is 8.76. The number of para-hydroxylation sites is 1. The third-order valence-corrected chi connectivity index (χ3v) is 12.3. The highest BCUT2D eigenvalue weighted by atomic mass is 32.1. The second-order valence-corrected chi connectivity index (χ2v) is 15.6.